The van der Waals surface area contributed by atoms with Crippen LogP contribution < -0.4 is 14.2 Å². The van der Waals surface area contributed by atoms with Crippen LogP contribution in [0.25, 0.3) is 11.1 Å². The third-order valence-corrected chi connectivity index (χ3v) is 9.71. The molecule has 1 aliphatic carbocycles. The maximum atomic E-state index is 15.1. The maximum absolute atomic E-state index is 15.1. The Morgan fingerprint density at radius 1 is 0.902 bits per heavy atom. The number of likely N-dealkylation sites (tertiary alicyclic amines) is 1. The van der Waals surface area contributed by atoms with Crippen molar-refractivity contribution in [1.82, 2.24) is 14.5 Å². The summed E-state index contributed by atoms with van der Waals surface area (Å²) in [6.45, 7) is 6.76. The van der Waals surface area contributed by atoms with Gasteiger partial charge >= 0.3 is 6.09 Å². The molecular weight excluding hydrogens is 671 g/mol. The summed E-state index contributed by atoms with van der Waals surface area (Å²) < 4.78 is 51.0. The highest BCUT2D eigenvalue weighted by molar-refractivity contribution is 7.88. The molecule has 2 amide bonds. The highest BCUT2D eigenvalue weighted by Gasteiger charge is 2.48. The minimum absolute atomic E-state index is 0.00398. The molecule has 3 aromatic carbocycles. The van der Waals surface area contributed by atoms with Gasteiger partial charge in [0.05, 0.1) is 25.9 Å². The first-order chi connectivity index (χ1) is 24.2. The molecular formula is C39H51N3O8S. The Labute approximate surface area is 302 Å². The van der Waals surface area contributed by atoms with Crippen molar-refractivity contribution in [3.8, 4) is 22.6 Å². The van der Waals surface area contributed by atoms with Gasteiger partial charge in [-0.1, -0.05) is 54.6 Å². The minimum Gasteiger partial charge on any atom is -0.497 e. The largest absolute Gasteiger partial charge is 0.497 e. The van der Waals surface area contributed by atoms with Crippen LogP contribution in [0, 0.1) is 5.92 Å². The molecule has 51 heavy (non-hydrogen) atoms. The lowest BCUT2D eigenvalue weighted by Crippen LogP contribution is -2.60. The molecule has 0 spiro atoms. The number of nitrogens with zero attached hydrogens (tertiary/aromatic N) is 2. The third kappa shape index (κ3) is 10.7. The van der Waals surface area contributed by atoms with Crippen LogP contribution in [0.4, 0.5) is 4.79 Å². The predicted molar refractivity (Wildman–Crippen MR) is 196 cm³/mol. The molecule has 2 aliphatic rings. The predicted octanol–water partition coefficient (Wildman–Crippen LogP) is 5.84. The summed E-state index contributed by atoms with van der Waals surface area (Å²) in [5, 5.41) is 0. The van der Waals surface area contributed by atoms with E-state index in [0.29, 0.717) is 31.3 Å². The number of hydrogen-bond acceptors (Lipinski definition) is 8. The van der Waals surface area contributed by atoms with E-state index < -0.39 is 39.6 Å². The van der Waals surface area contributed by atoms with E-state index >= 15 is 4.79 Å². The van der Waals surface area contributed by atoms with Gasteiger partial charge in [-0.05, 0) is 68.0 Å². The molecule has 3 aromatic rings. The number of methoxy groups -OCH3 is 2. The molecule has 0 radical (unpaired) electrons. The molecule has 12 heteroatoms. The van der Waals surface area contributed by atoms with Crippen molar-refractivity contribution in [1.29, 1.82) is 0 Å². The van der Waals surface area contributed by atoms with E-state index in [1.54, 1.807) is 35.0 Å². The number of rotatable bonds is 14. The zero-order valence-electron chi connectivity index (χ0n) is 30.5. The molecule has 0 aromatic heterocycles. The van der Waals surface area contributed by atoms with E-state index in [0.717, 1.165) is 47.8 Å². The average molecular weight is 722 g/mol. The number of carbonyl (C=O) groups excluding carboxylic acids is 2. The van der Waals surface area contributed by atoms with Crippen LogP contribution in [0.1, 0.15) is 57.1 Å². The van der Waals surface area contributed by atoms with Crippen molar-refractivity contribution in [3.63, 3.8) is 0 Å². The van der Waals surface area contributed by atoms with E-state index in [2.05, 4.69) is 4.72 Å². The van der Waals surface area contributed by atoms with Crippen molar-refractivity contribution in [2.45, 2.75) is 70.2 Å². The van der Waals surface area contributed by atoms with Gasteiger partial charge in [-0.15, -0.1) is 0 Å². The monoisotopic (exact) mass is 721 g/mol. The van der Waals surface area contributed by atoms with Crippen LogP contribution in [-0.2, 0) is 30.8 Å². The molecule has 5 rings (SSSR count). The number of carbonyl (C=O) groups is 2. The highest BCUT2D eigenvalue weighted by Crippen LogP contribution is 2.40. The SMILES string of the molecule is COCCCOc1cc(CN(C(=O)[C@H]2CN(C(=O)OC(C)(C)C)C[C@@H](NS(C)(=O)=O)[C@@H]2c2cccc(-c3ccccc3)c2)C2CC2)cc(OC)c1. The lowest BCUT2D eigenvalue weighted by atomic mass is 9.76. The van der Waals surface area contributed by atoms with Crippen molar-refractivity contribution in [2.24, 2.45) is 5.92 Å². The first-order valence-electron chi connectivity index (χ1n) is 17.5. The Morgan fingerprint density at radius 3 is 2.25 bits per heavy atom. The van der Waals surface area contributed by atoms with Gasteiger partial charge in [-0.25, -0.2) is 17.9 Å². The fourth-order valence-corrected chi connectivity index (χ4v) is 7.44. The van der Waals surface area contributed by atoms with Crippen LogP contribution in [0.5, 0.6) is 11.5 Å². The fraction of sp³-hybridized carbons (Fsp3) is 0.487. The van der Waals surface area contributed by atoms with Gasteiger partial charge in [-0.2, -0.15) is 0 Å². The molecule has 276 valence electrons. The average Bonchev–Trinajstić information content (AvgIpc) is 3.93. The molecule has 2 fully saturated rings. The second-order valence-electron chi connectivity index (χ2n) is 14.4. The molecule has 3 atom stereocenters. The lowest BCUT2D eigenvalue weighted by molar-refractivity contribution is -0.139. The van der Waals surface area contributed by atoms with E-state index in [1.807, 2.05) is 77.7 Å². The standard InChI is InChI=1S/C39H51N3O8S/c1-39(2,3)50-38(44)41-25-34(36(35(26-41)40-51(6,45)46)30-15-10-14-29(22-30)28-12-8-7-9-13-28)37(43)42(31-16-17-31)24-27-20-32(48-5)23-33(21-27)49-19-11-18-47-4/h7-10,12-15,20-23,31,34-36,40H,11,16-19,24-26H2,1-6H3/t34-,35+,36+/m0/s1. The molecule has 1 aliphatic heterocycles. The molecule has 0 unspecified atom stereocenters. The molecule has 0 bridgehead atoms. The van der Waals surface area contributed by atoms with E-state index in [1.165, 1.54) is 4.90 Å². The lowest BCUT2D eigenvalue weighted by Gasteiger charge is -2.45. The Bertz CT molecular complexity index is 1760. The van der Waals surface area contributed by atoms with Gasteiger partial charge in [0.15, 0.2) is 0 Å². The zero-order chi connectivity index (χ0) is 36.8. The Balaban J connectivity index is 1.55. The first-order valence-corrected chi connectivity index (χ1v) is 19.3. The van der Waals surface area contributed by atoms with Gasteiger partial charge in [0.2, 0.25) is 15.9 Å². The Morgan fingerprint density at radius 2 is 1.61 bits per heavy atom. The molecule has 1 heterocycles. The van der Waals surface area contributed by atoms with Crippen LogP contribution in [-0.4, -0.2) is 94.7 Å². The molecule has 1 saturated carbocycles. The number of hydrogen-bond donors (Lipinski definition) is 1. The minimum atomic E-state index is -3.75. The van der Waals surface area contributed by atoms with Gasteiger partial charge in [-0.3, -0.25) is 4.79 Å². The molecule has 11 nitrogen and oxygen atoms in total. The van der Waals surface area contributed by atoms with Crippen molar-refractivity contribution < 1.29 is 37.0 Å². The van der Waals surface area contributed by atoms with Gasteiger partial charge in [0, 0.05) is 63.8 Å². The molecule has 1 N–H and O–H groups in total. The van der Waals surface area contributed by atoms with Crippen LogP contribution >= 0.6 is 0 Å². The Hall–Kier alpha value is -4.13. The van der Waals surface area contributed by atoms with Crippen LogP contribution in [0.2, 0.25) is 0 Å². The number of benzene rings is 3. The topological polar surface area (TPSA) is 124 Å². The highest BCUT2D eigenvalue weighted by atomic mass is 32.2. The van der Waals surface area contributed by atoms with Crippen molar-refractivity contribution in [3.05, 3.63) is 83.9 Å². The number of ether oxygens (including phenoxy) is 4. The smallest absolute Gasteiger partial charge is 0.410 e. The van der Waals surface area contributed by atoms with E-state index in [4.69, 9.17) is 18.9 Å². The van der Waals surface area contributed by atoms with E-state index in [9.17, 15) is 13.2 Å². The summed E-state index contributed by atoms with van der Waals surface area (Å²) in [5.74, 6) is -0.287. The zero-order valence-corrected chi connectivity index (χ0v) is 31.3. The summed E-state index contributed by atoms with van der Waals surface area (Å²) in [5.41, 5.74) is 2.81. The maximum Gasteiger partial charge on any atom is 0.410 e. The number of nitrogens with one attached hydrogen (secondary N) is 1. The normalized spacial score (nSPS) is 19.3. The summed E-state index contributed by atoms with van der Waals surface area (Å²) in [7, 11) is -0.506. The second kappa shape index (κ2) is 16.5. The van der Waals surface area contributed by atoms with Crippen LogP contribution in [0.15, 0.2) is 72.8 Å². The summed E-state index contributed by atoms with van der Waals surface area (Å²) in [6.07, 6.45) is 2.91. The first kappa shape index (κ1) is 38.1. The third-order valence-electron chi connectivity index (χ3n) is 8.97. The summed E-state index contributed by atoms with van der Waals surface area (Å²) in [6, 6.07) is 22.6. The van der Waals surface area contributed by atoms with Gasteiger partial charge in [0.25, 0.3) is 0 Å². The number of sulfonamides is 1. The van der Waals surface area contributed by atoms with E-state index in [-0.39, 0.29) is 25.0 Å². The number of amides is 2. The second-order valence-corrected chi connectivity index (χ2v) is 16.2. The Kier molecular flexibility index (Phi) is 12.3. The van der Waals surface area contributed by atoms with Crippen LogP contribution in [0.3, 0.4) is 0 Å². The number of piperidine rings is 1. The summed E-state index contributed by atoms with van der Waals surface area (Å²) in [4.78, 5) is 32.0. The van der Waals surface area contributed by atoms with Crippen molar-refractivity contribution in [2.75, 3.05) is 46.8 Å². The molecule has 1 saturated heterocycles. The van der Waals surface area contributed by atoms with Crippen molar-refractivity contribution >= 4 is 22.0 Å². The van der Waals surface area contributed by atoms with Gasteiger partial charge in [0.1, 0.15) is 17.1 Å². The summed E-state index contributed by atoms with van der Waals surface area (Å²) >= 11 is 0. The quantitative estimate of drug-likeness (QED) is 0.206. The fourth-order valence-electron chi connectivity index (χ4n) is 6.67. The van der Waals surface area contributed by atoms with Gasteiger partial charge < -0.3 is 28.7 Å².